The molecule has 1 aromatic carbocycles. The van der Waals surface area contributed by atoms with Crippen molar-refractivity contribution in [3.63, 3.8) is 0 Å². The molecule has 18 heavy (non-hydrogen) atoms. The maximum Gasteiger partial charge on any atom is 0.222 e. The molecule has 0 unspecified atom stereocenters. The summed E-state index contributed by atoms with van der Waals surface area (Å²) in [6.07, 6.45) is 1.32. The number of hydrogen-bond donors (Lipinski definition) is 1. The third kappa shape index (κ3) is 5.19. The Labute approximate surface area is 109 Å². The standard InChI is InChI=1S/C14H23N3O/c1-16(2)10-11-17(3)14(18)9-6-12-4-7-13(15)8-5-12/h4-5,7-8H,6,9-11,15H2,1-3H3. The van der Waals surface area contributed by atoms with E-state index in [-0.39, 0.29) is 5.91 Å². The summed E-state index contributed by atoms with van der Waals surface area (Å²) in [7, 11) is 5.87. The summed E-state index contributed by atoms with van der Waals surface area (Å²) in [6, 6.07) is 7.69. The summed E-state index contributed by atoms with van der Waals surface area (Å²) in [6.45, 7) is 1.66. The Morgan fingerprint density at radius 1 is 1.11 bits per heavy atom. The van der Waals surface area contributed by atoms with E-state index in [0.29, 0.717) is 6.42 Å². The quantitative estimate of drug-likeness (QED) is 0.771. The van der Waals surface area contributed by atoms with Gasteiger partial charge in [-0.05, 0) is 38.2 Å². The van der Waals surface area contributed by atoms with E-state index in [0.717, 1.165) is 30.8 Å². The predicted molar refractivity (Wildman–Crippen MR) is 75.4 cm³/mol. The minimum absolute atomic E-state index is 0.189. The van der Waals surface area contributed by atoms with Gasteiger partial charge in [-0.3, -0.25) is 4.79 Å². The molecule has 0 aromatic heterocycles. The van der Waals surface area contributed by atoms with Crippen LogP contribution in [0.5, 0.6) is 0 Å². The highest BCUT2D eigenvalue weighted by Gasteiger charge is 2.08. The predicted octanol–water partition coefficient (Wildman–Crippen LogP) is 1.22. The zero-order chi connectivity index (χ0) is 13.5. The van der Waals surface area contributed by atoms with Gasteiger partial charge in [0.15, 0.2) is 0 Å². The van der Waals surface area contributed by atoms with Gasteiger partial charge in [-0.15, -0.1) is 0 Å². The van der Waals surface area contributed by atoms with Gasteiger partial charge in [-0.25, -0.2) is 0 Å². The maximum absolute atomic E-state index is 11.9. The molecule has 0 radical (unpaired) electrons. The van der Waals surface area contributed by atoms with E-state index < -0.39 is 0 Å². The van der Waals surface area contributed by atoms with E-state index in [9.17, 15) is 4.79 Å². The molecule has 4 heteroatoms. The summed E-state index contributed by atoms with van der Waals surface area (Å²) >= 11 is 0. The first-order valence-electron chi connectivity index (χ1n) is 6.22. The maximum atomic E-state index is 11.9. The Morgan fingerprint density at radius 3 is 2.28 bits per heavy atom. The smallest absolute Gasteiger partial charge is 0.222 e. The number of carbonyl (C=O) groups is 1. The monoisotopic (exact) mass is 249 g/mol. The van der Waals surface area contributed by atoms with Crippen LogP contribution in [0, 0.1) is 0 Å². The Kier molecular flexibility index (Phi) is 5.65. The average molecular weight is 249 g/mol. The fourth-order valence-electron chi connectivity index (χ4n) is 1.60. The molecule has 1 aromatic rings. The van der Waals surface area contributed by atoms with Crippen LogP contribution >= 0.6 is 0 Å². The van der Waals surface area contributed by atoms with Gasteiger partial charge in [0.2, 0.25) is 5.91 Å². The molecule has 0 aliphatic carbocycles. The van der Waals surface area contributed by atoms with Crippen LogP contribution in [0.25, 0.3) is 0 Å². The van der Waals surface area contributed by atoms with Gasteiger partial charge in [0, 0.05) is 32.2 Å². The van der Waals surface area contributed by atoms with E-state index in [1.807, 2.05) is 45.4 Å². The zero-order valence-electron chi connectivity index (χ0n) is 11.5. The molecule has 0 atom stereocenters. The number of rotatable bonds is 6. The van der Waals surface area contributed by atoms with Gasteiger partial charge < -0.3 is 15.5 Å². The highest BCUT2D eigenvalue weighted by Crippen LogP contribution is 2.08. The summed E-state index contributed by atoms with van der Waals surface area (Å²) in [5, 5.41) is 0. The minimum atomic E-state index is 0.189. The number of nitrogen functional groups attached to an aromatic ring is 1. The summed E-state index contributed by atoms with van der Waals surface area (Å²) in [4.78, 5) is 15.7. The summed E-state index contributed by atoms with van der Waals surface area (Å²) < 4.78 is 0. The topological polar surface area (TPSA) is 49.6 Å². The fraction of sp³-hybridized carbons (Fsp3) is 0.500. The van der Waals surface area contributed by atoms with Crippen molar-refractivity contribution >= 4 is 11.6 Å². The first kappa shape index (κ1) is 14.5. The lowest BCUT2D eigenvalue weighted by Crippen LogP contribution is -2.33. The van der Waals surface area contributed by atoms with E-state index in [1.165, 1.54) is 0 Å². The van der Waals surface area contributed by atoms with Gasteiger partial charge in [-0.2, -0.15) is 0 Å². The minimum Gasteiger partial charge on any atom is -0.399 e. The molecule has 0 spiro atoms. The Hall–Kier alpha value is -1.55. The van der Waals surface area contributed by atoms with Crippen LogP contribution in [0.1, 0.15) is 12.0 Å². The second-order valence-electron chi connectivity index (χ2n) is 4.86. The number of aryl methyl sites for hydroxylation is 1. The molecule has 1 amide bonds. The van der Waals surface area contributed by atoms with Crippen LogP contribution in [0.3, 0.4) is 0 Å². The van der Waals surface area contributed by atoms with Crippen molar-refractivity contribution < 1.29 is 4.79 Å². The lowest BCUT2D eigenvalue weighted by atomic mass is 10.1. The fourth-order valence-corrected chi connectivity index (χ4v) is 1.60. The van der Waals surface area contributed by atoms with Gasteiger partial charge in [0.25, 0.3) is 0 Å². The van der Waals surface area contributed by atoms with Gasteiger partial charge in [-0.1, -0.05) is 12.1 Å². The number of nitrogens with two attached hydrogens (primary N) is 1. The summed E-state index contributed by atoms with van der Waals surface area (Å²) in [5.41, 5.74) is 7.53. The number of nitrogens with zero attached hydrogens (tertiary/aromatic N) is 2. The van der Waals surface area contributed by atoms with Gasteiger partial charge >= 0.3 is 0 Å². The molecule has 0 aliphatic rings. The Morgan fingerprint density at radius 2 is 1.72 bits per heavy atom. The third-order valence-electron chi connectivity index (χ3n) is 2.92. The van der Waals surface area contributed by atoms with Crippen molar-refractivity contribution in [3.8, 4) is 0 Å². The highest BCUT2D eigenvalue weighted by molar-refractivity contribution is 5.76. The first-order valence-corrected chi connectivity index (χ1v) is 6.22. The molecular weight excluding hydrogens is 226 g/mol. The molecule has 1 rings (SSSR count). The van der Waals surface area contributed by atoms with Crippen molar-refractivity contribution in [1.29, 1.82) is 0 Å². The first-order chi connectivity index (χ1) is 8.49. The van der Waals surface area contributed by atoms with Crippen molar-refractivity contribution in [1.82, 2.24) is 9.80 Å². The van der Waals surface area contributed by atoms with E-state index in [1.54, 1.807) is 4.90 Å². The lowest BCUT2D eigenvalue weighted by Gasteiger charge is -2.19. The molecule has 0 heterocycles. The van der Waals surface area contributed by atoms with Crippen molar-refractivity contribution in [3.05, 3.63) is 29.8 Å². The number of anilines is 1. The number of amides is 1. The van der Waals surface area contributed by atoms with Gasteiger partial charge in [0.1, 0.15) is 0 Å². The molecule has 2 N–H and O–H groups in total. The van der Waals surface area contributed by atoms with Crippen molar-refractivity contribution in [2.24, 2.45) is 0 Å². The van der Waals surface area contributed by atoms with E-state index in [2.05, 4.69) is 4.90 Å². The largest absolute Gasteiger partial charge is 0.399 e. The highest BCUT2D eigenvalue weighted by atomic mass is 16.2. The SMILES string of the molecule is CN(C)CCN(C)C(=O)CCc1ccc(N)cc1. The molecule has 4 nitrogen and oxygen atoms in total. The van der Waals surface area contributed by atoms with Crippen LogP contribution < -0.4 is 5.73 Å². The normalized spacial score (nSPS) is 10.7. The number of likely N-dealkylation sites (N-methyl/N-ethyl adjacent to an activating group) is 2. The summed E-state index contributed by atoms with van der Waals surface area (Å²) in [5.74, 6) is 0.189. The number of benzene rings is 1. The molecule has 0 saturated heterocycles. The molecule has 100 valence electrons. The molecule has 0 saturated carbocycles. The Balaban J connectivity index is 2.34. The van der Waals surface area contributed by atoms with Crippen LogP contribution in [0.2, 0.25) is 0 Å². The van der Waals surface area contributed by atoms with Crippen molar-refractivity contribution in [2.45, 2.75) is 12.8 Å². The average Bonchev–Trinajstić information content (AvgIpc) is 2.34. The molecule has 0 fully saturated rings. The second-order valence-corrected chi connectivity index (χ2v) is 4.86. The van der Waals surface area contributed by atoms with Crippen LogP contribution in [-0.2, 0) is 11.2 Å². The van der Waals surface area contributed by atoms with Crippen LogP contribution in [0.15, 0.2) is 24.3 Å². The number of hydrogen-bond acceptors (Lipinski definition) is 3. The Bertz CT molecular complexity index is 373. The van der Waals surface area contributed by atoms with Gasteiger partial charge in [0.05, 0.1) is 0 Å². The van der Waals surface area contributed by atoms with E-state index >= 15 is 0 Å². The van der Waals surface area contributed by atoms with Crippen LogP contribution in [-0.4, -0.2) is 49.9 Å². The van der Waals surface area contributed by atoms with Crippen LogP contribution in [0.4, 0.5) is 5.69 Å². The van der Waals surface area contributed by atoms with E-state index in [4.69, 9.17) is 5.73 Å². The molecule has 0 aliphatic heterocycles. The lowest BCUT2D eigenvalue weighted by molar-refractivity contribution is -0.129. The number of carbonyl (C=O) groups excluding carboxylic acids is 1. The molecule has 0 bridgehead atoms. The second kappa shape index (κ2) is 7.01. The third-order valence-corrected chi connectivity index (χ3v) is 2.92. The van der Waals surface area contributed by atoms with Crippen molar-refractivity contribution in [2.75, 3.05) is 40.0 Å². The zero-order valence-corrected chi connectivity index (χ0v) is 11.5. The molecular formula is C14H23N3O.